The van der Waals surface area contributed by atoms with Crippen LogP contribution in [0.2, 0.25) is 0 Å². The van der Waals surface area contributed by atoms with E-state index in [1.54, 1.807) is 30.3 Å². The number of hydrogen-bond donors (Lipinski definition) is 2. The standard InChI is InChI=1S/C17H18N4O4/c1-23-13-7-5-4-6-12(13)21-16(22)10-8-14(24-2)15(25-3)9-11(10)19-17(21)20-18/h4-9H,18H2,1-3H3,(H,19,20). The quantitative estimate of drug-likeness (QED) is 0.537. The van der Waals surface area contributed by atoms with E-state index in [0.29, 0.717) is 33.8 Å². The van der Waals surface area contributed by atoms with Gasteiger partial charge in [0.05, 0.1) is 37.9 Å². The summed E-state index contributed by atoms with van der Waals surface area (Å²) < 4.78 is 17.2. The lowest BCUT2D eigenvalue weighted by Gasteiger charge is -2.16. The summed E-state index contributed by atoms with van der Waals surface area (Å²) >= 11 is 0. The number of nitrogens with one attached hydrogen (secondary N) is 1. The molecule has 0 spiro atoms. The Balaban J connectivity index is 2.40. The van der Waals surface area contributed by atoms with E-state index < -0.39 is 0 Å². The van der Waals surface area contributed by atoms with Crippen LogP contribution in [-0.2, 0) is 0 Å². The summed E-state index contributed by atoms with van der Waals surface area (Å²) in [4.78, 5) is 17.5. The maximum absolute atomic E-state index is 13.1. The van der Waals surface area contributed by atoms with Gasteiger partial charge < -0.3 is 14.2 Å². The third-order valence-corrected chi connectivity index (χ3v) is 3.83. The van der Waals surface area contributed by atoms with Crippen molar-refractivity contribution >= 4 is 16.9 Å². The second-order valence-corrected chi connectivity index (χ2v) is 5.12. The number of hydrazine groups is 1. The van der Waals surface area contributed by atoms with Crippen LogP contribution < -0.4 is 31.0 Å². The van der Waals surface area contributed by atoms with Crippen molar-refractivity contribution < 1.29 is 14.2 Å². The molecule has 0 saturated heterocycles. The molecule has 8 heteroatoms. The van der Waals surface area contributed by atoms with E-state index in [1.807, 2.05) is 6.07 Å². The second kappa shape index (κ2) is 6.70. The number of nitrogen functional groups attached to an aromatic ring is 1. The number of hydrogen-bond acceptors (Lipinski definition) is 7. The highest BCUT2D eigenvalue weighted by atomic mass is 16.5. The molecule has 0 amide bonds. The van der Waals surface area contributed by atoms with E-state index in [1.165, 1.54) is 25.9 Å². The zero-order chi connectivity index (χ0) is 18.0. The Hall–Kier alpha value is -3.26. The Morgan fingerprint density at radius 3 is 2.28 bits per heavy atom. The van der Waals surface area contributed by atoms with Crippen molar-refractivity contribution in [2.75, 3.05) is 26.8 Å². The zero-order valence-corrected chi connectivity index (χ0v) is 14.1. The van der Waals surface area contributed by atoms with Crippen molar-refractivity contribution in [3.63, 3.8) is 0 Å². The molecule has 3 N–H and O–H groups in total. The molecule has 0 unspecified atom stereocenters. The Morgan fingerprint density at radius 1 is 1.00 bits per heavy atom. The van der Waals surface area contributed by atoms with Gasteiger partial charge >= 0.3 is 0 Å². The fourth-order valence-electron chi connectivity index (χ4n) is 2.65. The fraction of sp³-hybridized carbons (Fsp3) is 0.176. The van der Waals surface area contributed by atoms with E-state index >= 15 is 0 Å². The molecule has 0 radical (unpaired) electrons. The number of para-hydroxylation sites is 2. The largest absolute Gasteiger partial charge is 0.495 e. The third-order valence-electron chi connectivity index (χ3n) is 3.83. The molecule has 0 fully saturated rings. The minimum atomic E-state index is -0.316. The Kier molecular flexibility index (Phi) is 4.44. The molecule has 2 aromatic carbocycles. The number of anilines is 1. The normalized spacial score (nSPS) is 10.6. The predicted octanol–water partition coefficient (Wildman–Crippen LogP) is 1.70. The maximum Gasteiger partial charge on any atom is 0.267 e. The molecule has 1 heterocycles. The van der Waals surface area contributed by atoms with Crippen LogP contribution in [0.5, 0.6) is 17.2 Å². The highest BCUT2D eigenvalue weighted by molar-refractivity contribution is 5.83. The van der Waals surface area contributed by atoms with Crippen LogP contribution in [0.1, 0.15) is 0 Å². The smallest absolute Gasteiger partial charge is 0.267 e. The first-order chi connectivity index (χ1) is 12.1. The van der Waals surface area contributed by atoms with Gasteiger partial charge in [-0.2, -0.15) is 0 Å². The third kappa shape index (κ3) is 2.72. The molecule has 0 saturated carbocycles. The van der Waals surface area contributed by atoms with Gasteiger partial charge in [0, 0.05) is 6.07 Å². The number of benzene rings is 2. The van der Waals surface area contributed by atoms with Crippen LogP contribution in [-0.4, -0.2) is 30.9 Å². The van der Waals surface area contributed by atoms with Crippen molar-refractivity contribution in [2.24, 2.45) is 5.84 Å². The van der Waals surface area contributed by atoms with Crippen molar-refractivity contribution in [3.8, 4) is 22.9 Å². The topological polar surface area (TPSA) is 101 Å². The van der Waals surface area contributed by atoms with Crippen LogP contribution in [0.4, 0.5) is 5.95 Å². The van der Waals surface area contributed by atoms with Gasteiger partial charge in [-0.1, -0.05) is 12.1 Å². The molecule has 8 nitrogen and oxygen atoms in total. The molecule has 0 aliphatic heterocycles. The summed E-state index contributed by atoms with van der Waals surface area (Å²) in [6.07, 6.45) is 0. The van der Waals surface area contributed by atoms with E-state index in [2.05, 4.69) is 10.4 Å². The van der Waals surface area contributed by atoms with Crippen LogP contribution in [0.15, 0.2) is 41.2 Å². The average molecular weight is 342 g/mol. The molecule has 1 aromatic heterocycles. The predicted molar refractivity (Wildman–Crippen MR) is 94.8 cm³/mol. The van der Waals surface area contributed by atoms with Crippen LogP contribution in [0, 0.1) is 0 Å². The first kappa shape index (κ1) is 16.6. The Labute approximate surface area is 143 Å². The second-order valence-electron chi connectivity index (χ2n) is 5.12. The molecule has 25 heavy (non-hydrogen) atoms. The van der Waals surface area contributed by atoms with Crippen molar-refractivity contribution in [1.29, 1.82) is 0 Å². The number of nitrogens with zero attached hydrogens (tertiary/aromatic N) is 2. The number of methoxy groups -OCH3 is 3. The molecule has 0 bridgehead atoms. The van der Waals surface area contributed by atoms with Crippen molar-refractivity contribution in [3.05, 3.63) is 46.8 Å². The van der Waals surface area contributed by atoms with E-state index in [9.17, 15) is 4.79 Å². The van der Waals surface area contributed by atoms with Gasteiger partial charge in [-0.3, -0.25) is 10.2 Å². The minimum Gasteiger partial charge on any atom is -0.495 e. The number of ether oxygens (including phenoxy) is 3. The van der Waals surface area contributed by atoms with E-state index in [0.717, 1.165) is 0 Å². The molecule has 3 aromatic rings. The molecule has 3 rings (SSSR count). The zero-order valence-electron chi connectivity index (χ0n) is 14.1. The summed E-state index contributed by atoms with van der Waals surface area (Å²) in [6, 6.07) is 10.3. The maximum atomic E-state index is 13.1. The van der Waals surface area contributed by atoms with Crippen LogP contribution in [0.3, 0.4) is 0 Å². The first-order valence-corrected chi connectivity index (χ1v) is 7.43. The van der Waals surface area contributed by atoms with Gasteiger partial charge in [-0.25, -0.2) is 15.4 Å². The summed E-state index contributed by atoms with van der Waals surface area (Å²) in [7, 11) is 4.55. The number of fused-ring (bicyclic) bond motifs is 1. The summed E-state index contributed by atoms with van der Waals surface area (Å²) in [5.41, 5.74) is 3.11. The highest BCUT2D eigenvalue weighted by Crippen LogP contribution is 2.31. The van der Waals surface area contributed by atoms with Gasteiger partial charge in [-0.05, 0) is 18.2 Å². The van der Waals surface area contributed by atoms with Gasteiger partial charge in [0.2, 0.25) is 5.95 Å². The molecular weight excluding hydrogens is 324 g/mol. The lowest BCUT2D eigenvalue weighted by molar-refractivity contribution is 0.355. The highest BCUT2D eigenvalue weighted by Gasteiger charge is 2.17. The lowest BCUT2D eigenvalue weighted by atomic mass is 10.2. The van der Waals surface area contributed by atoms with E-state index in [4.69, 9.17) is 20.1 Å². The Bertz CT molecular complexity index is 984. The van der Waals surface area contributed by atoms with Gasteiger partial charge in [0.25, 0.3) is 5.56 Å². The first-order valence-electron chi connectivity index (χ1n) is 7.43. The van der Waals surface area contributed by atoms with Gasteiger partial charge in [-0.15, -0.1) is 0 Å². The monoisotopic (exact) mass is 342 g/mol. The molecule has 130 valence electrons. The lowest BCUT2D eigenvalue weighted by Crippen LogP contribution is -2.26. The molecular formula is C17H18N4O4. The number of rotatable bonds is 5. The van der Waals surface area contributed by atoms with Gasteiger partial charge in [0.1, 0.15) is 5.75 Å². The summed E-state index contributed by atoms with van der Waals surface area (Å²) in [5.74, 6) is 7.20. The molecule has 0 atom stereocenters. The fourth-order valence-corrected chi connectivity index (χ4v) is 2.65. The average Bonchev–Trinajstić information content (AvgIpc) is 2.66. The van der Waals surface area contributed by atoms with Crippen molar-refractivity contribution in [2.45, 2.75) is 0 Å². The SMILES string of the molecule is COc1cc2nc(NN)n(-c3ccccc3OC)c(=O)c2cc1OC. The summed E-state index contributed by atoms with van der Waals surface area (Å²) in [6.45, 7) is 0. The van der Waals surface area contributed by atoms with Crippen molar-refractivity contribution in [1.82, 2.24) is 9.55 Å². The van der Waals surface area contributed by atoms with Crippen LogP contribution in [0.25, 0.3) is 16.6 Å². The molecule has 0 aliphatic rings. The number of nitrogens with two attached hydrogens (primary N) is 1. The number of aromatic nitrogens is 2. The Morgan fingerprint density at radius 2 is 1.64 bits per heavy atom. The minimum absolute atomic E-state index is 0.175. The molecule has 0 aliphatic carbocycles. The van der Waals surface area contributed by atoms with Gasteiger partial charge in [0.15, 0.2) is 11.5 Å². The van der Waals surface area contributed by atoms with Crippen LogP contribution >= 0.6 is 0 Å². The van der Waals surface area contributed by atoms with E-state index in [-0.39, 0.29) is 11.5 Å². The summed E-state index contributed by atoms with van der Waals surface area (Å²) in [5, 5.41) is 0.363.